The van der Waals surface area contributed by atoms with Crippen molar-refractivity contribution in [3.63, 3.8) is 0 Å². The summed E-state index contributed by atoms with van der Waals surface area (Å²) in [5, 5.41) is 15.5. The summed E-state index contributed by atoms with van der Waals surface area (Å²) in [7, 11) is 0. The molecule has 7 nitrogen and oxygen atoms in total. The minimum absolute atomic E-state index is 0.0142. The van der Waals surface area contributed by atoms with Crippen LogP contribution in [0.25, 0.3) is 0 Å². The van der Waals surface area contributed by atoms with Crippen molar-refractivity contribution in [1.82, 2.24) is 0 Å². The van der Waals surface area contributed by atoms with Crippen molar-refractivity contribution < 1.29 is 23.8 Å². The molecule has 0 aliphatic heterocycles. The number of rotatable bonds is 10. The van der Waals surface area contributed by atoms with Gasteiger partial charge in [0.25, 0.3) is 0 Å². The molecule has 3 rings (SSSR count). The van der Waals surface area contributed by atoms with E-state index in [1.54, 1.807) is 18.2 Å². The van der Waals surface area contributed by atoms with Gasteiger partial charge in [-0.25, -0.2) is 9.59 Å². The van der Waals surface area contributed by atoms with Gasteiger partial charge in [0.05, 0.1) is 18.3 Å². The SMILES string of the molecule is CCCOC1C=CC(C(=O)OC2=CCC(C=CC(=O)OCCC3CC(=N)CC3=N)C=C2)=CC1. The highest BCUT2D eigenvalue weighted by atomic mass is 16.5. The Morgan fingerprint density at radius 2 is 1.97 bits per heavy atom. The van der Waals surface area contributed by atoms with E-state index in [1.165, 1.54) is 6.08 Å². The normalized spacial score (nSPS) is 24.7. The van der Waals surface area contributed by atoms with Gasteiger partial charge in [-0.1, -0.05) is 31.2 Å². The third-order valence-electron chi connectivity index (χ3n) is 5.72. The highest BCUT2D eigenvalue weighted by molar-refractivity contribution is 6.09. The summed E-state index contributed by atoms with van der Waals surface area (Å²) >= 11 is 0. The Kier molecular flexibility index (Phi) is 9.13. The van der Waals surface area contributed by atoms with Crippen molar-refractivity contribution >= 4 is 23.4 Å². The first-order chi connectivity index (χ1) is 15.9. The molecule has 7 heteroatoms. The summed E-state index contributed by atoms with van der Waals surface area (Å²) in [6.45, 7) is 3.01. The molecule has 0 spiro atoms. The van der Waals surface area contributed by atoms with E-state index in [9.17, 15) is 9.59 Å². The van der Waals surface area contributed by atoms with Crippen LogP contribution in [-0.2, 0) is 23.8 Å². The Labute approximate surface area is 194 Å². The van der Waals surface area contributed by atoms with E-state index in [-0.39, 0.29) is 30.5 Å². The molecule has 0 aromatic rings. The molecule has 0 aromatic carbocycles. The Morgan fingerprint density at radius 1 is 1.12 bits per heavy atom. The molecule has 0 saturated heterocycles. The average molecular weight is 453 g/mol. The van der Waals surface area contributed by atoms with Gasteiger partial charge in [0, 0.05) is 36.4 Å². The van der Waals surface area contributed by atoms with Gasteiger partial charge >= 0.3 is 11.9 Å². The Bertz CT molecular complexity index is 925. The zero-order chi connectivity index (χ0) is 23.6. The molecule has 0 aromatic heterocycles. The Balaban J connectivity index is 1.35. The van der Waals surface area contributed by atoms with Gasteiger partial charge in [0.2, 0.25) is 0 Å². The summed E-state index contributed by atoms with van der Waals surface area (Å²) in [6, 6.07) is 0. The molecule has 176 valence electrons. The van der Waals surface area contributed by atoms with Gasteiger partial charge in [-0.05, 0) is 56.3 Å². The van der Waals surface area contributed by atoms with Gasteiger partial charge in [-0.3, -0.25) is 0 Å². The van der Waals surface area contributed by atoms with Crippen LogP contribution in [0.2, 0.25) is 0 Å². The number of esters is 2. The van der Waals surface area contributed by atoms with Gasteiger partial charge < -0.3 is 25.0 Å². The first kappa shape index (κ1) is 24.6. The maximum absolute atomic E-state index is 12.4. The quantitative estimate of drug-likeness (QED) is 0.372. The maximum Gasteiger partial charge on any atom is 0.343 e. The van der Waals surface area contributed by atoms with Crippen LogP contribution in [0, 0.1) is 22.7 Å². The molecule has 0 radical (unpaired) electrons. The molecule has 2 N–H and O–H groups in total. The van der Waals surface area contributed by atoms with Crippen molar-refractivity contribution in [2.45, 2.75) is 51.6 Å². The smallest absolute Gasteiger partial charge is 0.343 e. The largest absolute Gasteiger partial charge is 0.463 e. The number of ether oxygens (including phenoxy) is 3. The summed E-state index contributed by atoms with van der Waals surface area (Å²) in [4.78, 5) is 24.3. The van der Waals surface area contributed by atoms with Gasteiger partial charge in [-0.15, -0.1) is 0 Å². The molecular formula is C26H32N2O5. The van der Waals surface area contributed by atoms with Crippen LogP contribution in [0.3, 0.4) is 0 Å². The Hall–Kier alpha value is -3.06. The molecule has 3 unspecified atom stereocenters. The van der Waals surface area contributed by atoms with Crippen molar-refractivity contribution in [3.05, 3.63) is 59.9 Å². The predicted octanol–water partition coefficient (Wildman–Crippen LogP) is 4.61. The molecule has 1 fully saturated rings. The lowest BCUT2D eigenvalue weighted by Crippen LogP contribution is -2.15. The molecule has 33 heavy (non-hydrogen) atoms. The van der Waals surface area contributed by atoms with Crippen molar-refractivity contribution in [3.8, 4) is 0 Å². The molecule has 3 aliphatic rings. The average Bonchev–Trinajstić information content (AvgIpc) is 3.14. The predicted molar refractivity (Wildman–Crippen MR) is 126 cm³/mol. The van der Waals surface area contributed by atoms with E-state index >= 15 is 0 Å². The molecule has 0 heterocycles. The zero-order valence-electron chi connectivity index (χ0n) is 19.0. The molecular weight excluding hydrogens is 420 g/mol. The van der Waals surface area contributed by atoms with Crippen LogP contribution in [0.5, 0.6) is 0 Å². The second-order valence-electron chi connectivity index (χ2n) is 8.44. The maximum atomic E-state index is 12.4. The van der Waals surface area contributed by atoms with Crippen molar-refractivity contribution in [2.75, 3.05) is 13.2 Å². The molecule has 0 amide bonds. The number of carbonyl (C=O) groups is 2. The van der Waals surface area contributed by atoms with Crippen LogP contribution in [0.4, 0.5) is 0 Å². The highest BCUT2D eigenvalue weighted by Crippen LogP contribution is 2.23. The summed E-state index contributed by atoms with van der Waals surface area (Å²) in [5.74, 6) is -0.262. The number of carbonyl (C=O) groups excluding carboxylic acids is 2. The molecule has 0 bridgehead atoms. The fourth-order valence-electron chi connectivity index (χ4n) is 3.84. The lowest BCUT2D eigenvalue weighted by atomic mass is 9.99. The lowest BCUT2D eigenvalue weighted by molar-refractivity contribution is -0.138. The molecule has 1 saturated carbocycles. The van der Waals surface area contributed by atoms with Crippen LogP contribution in [0.15, 0.2) is 59.9 Å². The number of allylic oxidation sites excluding steroid dienone is 4. The molecule has 3 aliphatic carbocycles. The number of hydrogen-bond acceptors (Lipinski definition) is 7. The first-order valence-electron chi connectivity index (χ1n) is 11.5. The van der Waals surface area contributed by atoms with Gasteiger partial charge in [0.15, 0.2) is 0 Å². The first-order valence-corrected chi connectivity index (χ1v) is 11.5. The van der Waals surface area contributed by atoms with Gasteiger partial charge in [0.1, 0.15) is 5.76 Å². The summed E-state index contributed by atoms with van der Waals surface area (Å²) in [5.41, 5.74) is 1.66. The standard InChI is InChI=1S/C26H32N2O5/c1-2-14-31-22-10-6-19(7-11-22)26(30)33-23-8-3-18(4-9-23)5-12-25(29)32-15-13-20-16-21(27)17-24(20)28/h3,5-10,12,18,20,22,27-28H,2,4,11,13-17H2,1H3. The Morgan fingerprint density at radius 3 is 2.61 bits per heavy atom. The zero-order valence-corrected chi connectivity index (χ0v) is 19.0. The van der Waals surface area contributed by atoms with Crippen LogP contribution in [-0.4, -0.2) is 42.7 Å². The lowest BCUT2D eigenvalue weighted by Gasteiger charge is -2.17. The van der Waals surface area contributed by atoms with E-state index in [0.29, 0.717) is 61.5 Å². The van der Waals surface area contributed by atoms with E-state index in [2.05, 4.69) is 6.92 Å². The second kappa shape index (κ2) is 12.3. The highest BCUT2D eigenvalue weighted by Gasteiger charge is 2.25. The van der Waals surface area contributed by atoms with Crippen molar-refractivity contribution in [2.24, 2.45) is 11.8 Å². The van der Waals surface area contributed by atoms with Crippen LogP contribution in [0.1, 0.15) is 45.4 Å². The fourth-order valence-corrected chi connectivity index (χ4v) is 3.84. The van der Waals surface area contributed by atoms with E-state index in [1.807, 2.05) is 24.3 Å². The fraction of sp³-hybridized carbons (Fsp3) is 0.462. The number of hydrogen-bond donors (Lipinski definition) is 2. The minimum Gasteiger partial charge on any atom is -0.463 e. The second-order valence-corrected chi connectivity index (χ2v) is 8.44. The summed E-state index contributed by atoms with van der Waals surface area (Å²) in [6.07, 6.45) is 18.0. The topological polar surface area (TPSA) is 110 Å². The molecule has 3 atom stereocenters. The third-order valence-corrected chi connectivity index (χ3v) is 5.72. The van der Waals surface area contributed by atoms with Crippen LogP contribution < -0.4 is 0 Å². The monoisotopic (exact) mass is 452 g/mol. The third kappa shape index (κ3) is 7.79. The van der Waals surface area contributed by atoms with Crippen LogP contribution >= 0.6 is 0 Å². The van der Waals surface area contributed by atoms with E-state index in [4.69, 9.17) is 25.0 Å². The van der Waals surface area contributed by atoms with E-state index < -0.39 is 5.97 Å². The number of nitrogens with one attached hydrogen (secondary N) is 2. The van der Waals surface area contributed by atoms with E-state index in [0.717, 1.165) is 6.42 Å². The summed E-state index contributed by atoms with van der Waals surface area (Å²) < 4.78 is 16.3. The van der Waals surface area contributed by atoms with Crippen molar-refractivity contribution in [1.29, 1.82) is 10.8 Å². The minimum atomic E-state index is -0.415. The van der Waals surface area contributed by atoms with Gasteiger partial charge in [-0.2, -0.15) is 0 Å².